The number of carboxylic acid groups (broad SMARTS) is 1. The lowest BCUT2D eigenvalue weighted by molar-refractivity contribution is -0.338. The summed E-state index contributed by atoms with van der Waals surface area (Å²) < 4.78 is 35.6. The molecule has 2 aliphatic heterocycles. The van der Waals surface area contributed by atoms with Gasteiger partial charge in [-0.1, -0.05) is 45.4 Å². The molecule has 0 spiro atoms. The number of nitrogens with one attached hydrogen (secondary N) is 1. The molecule has 0 aromatic heterocycles. The van der Waals surface area contributed by atoms with Gasteiger partial charge in [-0.15, -0.1) is 0 Å². The molecule has 4 aliphatic rings. The Kier molecular flexibility index (Phi) is 14.6. The number of hydrogen-bond acceptors (Lipinski definition) is 14. The van der Waals surface area contributed by atoms with Crippen molar-refractivity contribution >= 4 is 17.8 Å². The third-order valence-corrected chi connectivity index (χ3v) is 10.5. The topological polar surface area (TPSA) is 240 Å². The first-order valence-electron chi connectivity index (χ1n) is 17.5. The van der Waals surface area contributed by atoms with Gasteiger partial charge in [-0.3, -0.25) is 9.59 Å². The minimum Gasteiger partial charge on any atom is -0.479 e. The van der Waals surface area contributed by atoms with E-state index in [2.05, 4.69) is 5.32 Å². The fourth-order valence-corrected chi connectivity index (χ4v) is 7.72. The molecule has 4 fully saturated rings. The summed E-state index contributed by atoms with van der Waals surface area (Å²) >= 11 is 0. The fraction of sp³-hybridized carbons (Fsp3) is 0.909. The van der Waals surface area contributed by atoms with Crippen LogP contribution >= 0.6 is 0 Å². The van der Waals surface area contributed by atoms with Crippen molar-refractivity contribution in [1.29, 1.82) is 0 Å². The lowest BCUT2D eigenvalue weighted by Gasteiger charge is -2.49. The second kappa shape index (κ2) is 18.0. The molecule has 0 bridgehead atoms. The van der Waals surface area contributed by atoms with Crippen molar-refractivity contribution in [3.63, 3.8) is 0 Å². The Labute approximate surface area is 286 Å². The molecule has 4 rings (SSSR count). The molecule has 2 heterocycles. The van der Waals surface area contributed by atoms with E-state index >= 15 is 0 Å². The number of carboxylic acids is 1. The number of carbonyl (C=O) groups excluding carboxylic acids is 2. The fourth-order valence-electron chi connectivity index (χ4n) is 7.72. The number of amides is 1. The molecule has 49 heavy (non-hydrogen) atoms. The molecule has 2 saturated carbocycles. The maximum absolute atomic E-state index is 12.8. The molecule has 282 valence electrons. The van der Waals surface area contributed by atoms with E-state index in [1.165, 1.54) is 21.0 Å². The lowest BCUT2D eigenvalue weighted by atomic mass is 9.76. The van der Waals surface area contributed by atoms with E-state index in [9.17, 15) is 45.0 Å². The Hall–Kier alpha value is -1.99. The Balaban J connectivity index is 1.65. The molecule has 2 aliphatic carbocycles. The van der Waals surface area contributed by atoms with Crippen LogP contribution in [0.4, 0.5) is 0 Å². The number of rotatable bonds is 13. The van der Waals surface area contributed by atoms with Gasteiger partial charge >= 0.3 is 11.9 Å². The first kappa shape index (κ1) is 39.8. The van der Waals surface area contributed by atoms with Crippen molar-refractivity contribution in [3.05, 3.63) is 0 Å². The number of aliphatic hydroxyl groups excluding tert-OH is 5. The molecule has 1 amide bonds. The van der Waals surface area contributed by atoms with Crippen LogP contribution in [0.2, 0.25) is 0 Å². The van der Waals surface area contributed by atoms with E-state index in [1.807, 2.05) is 6.92 Å². The van der Waals surface area contributed by atoms with Crippen LogP contribution in [0.15, 0.2) is 0 Å². The van der Waals surface area contributed by atoms with Gasteiger partial charge in [0.25, 0.3) is 0 Å². The van der Waals surface area contributed by atoms with E-state index < -0.39 is 110 Å². The Bertz CT molecular complexity index is 1090. The molecule has 0 aromatic rings. The summed E-state index contributed by atoms with van der Waals surface area (Å²) in [5.74, 6) is -3.20. The van der Waals surface area contributed by atoms with Gasteiger partial charge in [0, 0.05) is 6.92 Å². The number of hydrogen-bond donors (Lipinski definition) is 7. The summed E-state index contributed by atoms with van der Waals surface area (Å²) in [5.41, 5.74) is 0. The zero-order chi connectivity index (χ0) is 36.0. The van der Waals surface area contributed by atoms with E-state index in [1.54, 1.807) is 0 Å². The van der Waals surface area contributed by atoms with E-state index in [0.29, 0.717) is 12.8 Å². The second-order valence-electron chi connectivity index (χ2n) is 13.9. The van der Waals surface area contributed by atoms with Crippen LogP contribution in [-0.4, -0.2) is 142 Å². The average molecular weight is 706 g/mol. The quantitative estimate of drug-likeness (QED) is 0.121. The van der Waals surface area contributed by atoms with Gasteiger partial charge < -0.3 is 64.4 Å². The molecule has 16 heteroatoms. The Morgan fingerprint density at radius 2 is 1.59 bits per heavy atom. The number of carbonyl (C=O) groups is 3. The smallest absolute Gasteiger partial charge is 0.332 e. The molecule has 16 nitrogen and oxygen atoms in total. The summed E-state index contributed by atoms with van der Waals surface area (Å²) in [5, 5.41) is 65.7. The standard InChI is InChI=1S/C33H55NO15/c1-5-18-12-19(31(43)44-4)13-20(28(18)49-33-27(40)26(39)24(37)15(2)45-33)47-32-23(34-16(3)36)29(25(38)22(14-35)48-32)46-21(30(41)42)11-17-9-7-6-8-10-17/h15,17-29,32-33,35,37-40H,5-14H2,1-4H3,(H,34,36)(H,41,42)/t15-,18?,19?,20+,21-,22-,23?,24-,25-,26?,27-,28+,29?,32+,33?/m0/s1. The van der Waals surface area contributed by atoms with E-state index in [0.717, 1.165) is 32.1 Å². The number of methoxy groups -OCH3 is 1. The van der Waals surface area contributed by atoms with Gasteiger partial charge in [0.2, 0.25) is 5.91 Å². The second-order valence-corrected chi connectivity index (χ2v) is 13.9. The van der Waals surface area contributed by atoms with E-state index in [4.69, 9.17) is 28.4 Å². The van der Waals surface area contributed by atoms with Crippen LogP contribution in [0, 0.1) is 17.8 Å². The van der Waals surface area contributed by atoms with Crippen molar-refractivity contribution in [3.8, 4) is 0 Å². The number of aliphatic carboxylic acids is 1. The van der Waals surface area contributed by atoms with Crippen LogP contribution < -0.4 is 5.32 Å². The van der Waals surface area contributed by atoms with Gasteiger partial charge in [0.1, 0.15) is 42.7 Å². The minimum absolute atomic E-state index is 0.0291. The highest BCUT2D eigenvalue weighted by Crippen LogP contribution is 2.40. The maximum Gasteiger partial charge on any atom is 0.332 e. The van der Waals surface area contributed by atoms with Gasteiger partial charge in [0.15, 0.2) is 18.7 Å². The van der Waals surface area contributed by atoms with Gasteiger partial charge in [-0.25, -0.2) is 4.79 Å². The van der Waals surface area contributed by atoms with Crippen molar-refractivity contribution in [1.82, 2.24) is 5.32 Å². The SMILES string of the molecule is CCC1CC(C(=O)OC)C[C@@H](O[C@@H]2O[C@@H](CO)[C@H](O)C(O[C@@H](CC3CCCCC3)C(=O)O)C2NC(C)=O)[C@@H]1OC1O[C@@H](C)[C@H](O)C(O)[C@@H]1O. The predicted octanol–water partition coefficient (Wildman–Crippen LogP) is -0.415. The number of ether oxygens (including phenoxy) is 6. The zero-order valence-corrected chi connectivity index (χ0v) is 28.7. The predicted molar refractivity (Wildman–Crippen MR) is 167 cm³/mol. The van der Waals surface area contributed by atoms with Crippen molar-refractivity contribution in [2.45, 2.75) is 158 Å². The molecule has 0 aromatic carbocycles. The first-order chi connectivity index (χ1) is 23.3. The molecule has 2 saturated heterocycles. The highest BCUT2D eigenvalue weighted by Gasteiger charge is 2.53. The van der Waals surface area contributed by atoms with Crippen LogP contribution in [0.3, 0.4) is 0 Å². The van der Waals surface area contributed by atoms with Crippen LogP contribution in [0.5, 0.6) is 0 Å². The summed E-state index contributed by atoms with van der Waals surface area (Å²) in [6.45, 7) is 3.92. The minimum atomic E-state index is -1.62. The third-order valence-electron chi connectivity index (χ3n) is 10.5. The van der Waals surface area contributed by atoms with Crippen molar-refractivity contribution in [2.75, 3.05) is 13.7 Å². The average Bonchev–Trinajstić information content (AvgIpc) is 3.08. The molecule has 0 radical (unpaired) electrons. The largest absolute Gasteiger partial charge is 0.479 e. The zero-order valence-electron chi connectivity index (χ0n) is 28.7. The highest BCUT2D eigenvalue weighted by molar-refractivity contribution is 5.74. The van der Waals surface area contributed by atoms with Crippen LogP contribution in [0.1, 0.15) is 78.6 Å². The van der Waals surface area contributed by atoms with Gasteiger partial charge in [-0.2, -0.15) is 0 Å². The summed E-state index contributed by atoms with van der Waals surface area (Å²) in [7, 11) is 1.26. The number of esters is 1. The van der Waals surface area contributed by atoms with Crippen LogP contribution in [0.25, 0.3) is 0 Å². The number of aliphatic hydroxyl groups is 5. The normalized spacial score (nSPS) is 41.1. The highest BCUT2D eigenvalue weighted by atomic mass is 16.7. The maximum atomic E-state index is 12.8. The van der Waals surface area contributed by atoms with Gasteiger partial charge in [0.05, 0.1) is 37.9 Å². The summed E-state index contributed by atoms with van der Waals surface area (Å²) in [6.07, 6.45) is -9.97. The Morgan fingerprint density at radius 1 is 0.898 bits per heavy atom. The molecule has 7 N–H and O–H groups in total. The molecular weight excluding hydrogens is 650 g/mol. The molecular formula is C33H55NO15. The van der Waals surface area contributed by atoms with Crippen molar-refractivity contribution in [2.24, 2.45) is 17.8 Å². The molecule has 6 unspecified atom stereocenters. The summed E-state index contributed by atoms with van der Waals surface area (Å²) in [6, 6.07) is -1.27. The van der Waals surface area contributed by atoms with E-state index in [-0.39, 0.29) is 24.7 Å². The van der Waals surface area contributed by atoms with Crippen molar-refractivity contribution < 1.29 is 73.4 Å². The third kappa shape index (κ3) is 9.67. The summed E-state index contributed by atoms with van der Waals surface area (Å²) in [4.78, 5) is 37.8. The Morgan fingerprint density at radius 3 is 2.18 bits per heavy atom. The molecule has 15 atom stereocenters. The first-order valence-corrected chi connectivity index (χ1v) is 17.5. The lowest BCUT2D eigenvalue weighted by Crippen LogP contribution is -2.67. The monoisotopic (exact) mass is 705 g/mol. The van der Waals surface area contributed by atoms with Crippen LogP contribution in [-0.2, 0) is 42.8 Å². The van der Waals surface area contributed by atoms with Gasteiger partial charge in [-0.05, 0) is 38.0 Å².